The van der Waals surface area contributed by atoms with E-state index in [1.54, 1.807) is 6.08 Å². The molecule has 0 aromatic rings. The number of carbonyl (C=O) groups excluding carboxylic acids is 1. The van der Waals surface area contributed by atoms with E-state index in [0.717, 1.165) is 18.4 Å². The van der Waals surface area contributed by atoms with E-state index < -0.39 is 0 Å². The van der Waals surface area contributed by atoms with Crippen LogP contribution in [0.3, 0.4) is 0 Å². The Bertz CT molecular complexity index is 380. The number of hydrogen-bond acceptors (Lipinski definition) is 2. The van der Waals surface area contributed by atoms with Gasteiger partial charge in [-0.1, -0.05) is 83.1 Å². The van der Waals surface area contributed by atoms with E-state index in [1.807, 2.05) is 6.92 Å². The molecule has 0 saturated carbocycles. The first-order valence-electron chi connectivity index (χ1n) is 10.3. The molecule has 0 heterocycles. The van der Waals surface area contributed by atoms with Crippen LogP contribution in [0.2, 0.25) is 0 Å². The minimum absolute atomic E-state index is 0.140. The number of carbonyl (C=O) groups is 1. The van der Waals surface area contributed by atoms with E-state index in [9.17, 15) is 4.79 Å². The van der Waals surface area contributed by atoms with E-state index in [-0.39, 0.29) is 5.97 Å². The first kappa shape index (κ1) is 23.7. The Kier molecular flexibility index (Phi) is 18.0. The molecule has 0 amide bonds. The third kappa shape index (κ3) is 18.9. The first-order chi connectivity index (χ1) is 12.2. The fraction of sp³-hybridized carbons (Fsp3) is 0.696. The first-order valence-corrected chi connectivity index (χ1v) is 10.3. The fourth-order valence-electron chi connectivity index (χ4n) is 2.61. The van der Waals surface area contributed by atoms with E-state index in [4.69, 9.17) is 4.74 Å². The predicted octanol–water partition coefficient (Wildman–Crippen LogP) is 7.66. The summed E-state index contributed by atoms with van der Waals surface area (Å²) in [5.41, 5.74) is 0.873. The minimum atomic E-state index is -0.140. The standard InChI is InChI=1S/C23H40O2/c1-4-6-7-8-9-10-11-12-13-14-15-16-17-18-19-20-23(24)25-21-22(3)5-2/h5,12-13,21H,2,4,6-11,14-20H2,1,3H3/b13-12-,22-21?. The second-order valence-corrected chi connectivity index (χ2v) is 6.89. The summed E-state index contributed by atoms with van der Waals surface area (Å²) in [6.07, 6.45) is 24.8. The van der Waals surface area contributed by atoms with Gasteiger partial charge in [0.25, 0.3) is 0 Å². The normalized spacial score (nSPS) is 11.8. The molecule has 0 aromatic heterocycles. The topological polar surface area (TPSA) is 26.3 Å². The van der Waals surface area contributed by atoms with Crippen LogP contribution >= 0.6 is 0 Å². The Labute approximate surface area is 156 Å². The number of esters is 1. The van der Waals surface area contributed by atoms with Gasteiger partial charge in [0.1, 0.15) is 0 Å². The van der Waals surface area contributed by atoms with Crippen LogP contribution in [0.25, 0.3) is 0 Å². The largest absolute Gasteiger partial charge is 0.434 e. The number of rotatable bonds is 17. The van der Waals surface area contributed by atoms with Gasteiger partial charge >= 0.3 is 5.97 Å². The summed E-state index contributed by atoms with van der Waals surface area (Å²) in [5, 5.41) is 0. The smallest absolute Gasteiger partial charge is 0.310 e. The average molecular weight is 349 g/mol. The van der Waals surface area contributed by atoms with Crippen molar-refractivity contribution in [2.24, 2.45) is 0 Å². The monoisotopic (exact) mass is 348 g/mol. The molecule has 0 unspecified atom stereocenters. The highest BCUT2D eigenvalue weighted by molar-refractivity contribution is 5.70. The van der Waals surface area contributed by atoms with Crippen molar-refractivity contribution >= 4 is 5.97 Å². The van der Waals surface area contributed by atoms with Gasteiger partial charge in [-0.25, -0.2) is 0 Å². The van der Waals surface area contributed by atoms with Crippen LogP contribution in [0, 0.1) is 0 Å². The van der Waals surface area contributed by atoms with Crippen molar-refractivity contribution in [3.05, 3.63) is 36.6 Å². The lowest BCUT2D eigenvalue weighted by Crippen LogP contribution is -1.99. The maximum Gasteiger partial charge on any atom is 0.310 e. The zero-order valence-corrected chi connectivity index (χ0v) is 16.7. The Balaban J connectivity index is 3.29. The Hall–Kier alpha value is -1.31. The molecule has 0 rings (SSSR count). The molecule has 0 fully saturated rings. The zero-order chi connectivity index (χ0) is 18.6. The molecule has 0 atom stereocenters. The molecule has 0 radical (unpaired) electrons. The second kappa shape index (κ2) is 19.0. The van der Waals surface area contributed by atoms with Crippen molar-refractivity contribution in [2.75, 3.05) is 0 Å². The number of ether oxygens (including phenoxy) is 1. The Morgan fingerprint density at radius 3 is 1.92 bits per heavy atom. The van der Waals surface area contributed by atoms with Crippen molar-refractivity contribution in [1.29, 1.82) is 0 Å². The highest BCUT2D eigenvalue weighted by Gasteiger charge is 2.00. The molecule has 0 aliphatic rings. The molecule has 25 heavy (non-hydrogen) atoms. The molecular formula is C23H40O2. The van der Waals surface area contributed by atoms with Crippen molar-refractivity contribution in [1.82, 2.24) is 0 Å². The van der Waals surface area contributed by atoms with Crippen molar-refractivity contribution in [3.63, 3.8) is 0 Å². The number of allylic oxidation sites excluding steroid dienone is 4. The SMILES string of the molecule is C=CC(C)=COC(=O)CCCCCCC/C=C\CCCCCCCC. The molecule has 144 valence electrons. The second-order valence-electron chi connectivity index (χ2n) is 6.89. The van der Waals surface area contributed by atoms with Crippen LogP contribution in [-0.4, -0.2) is 5.97 Å². The molecule has 0 N–H and O–H groups in total. The van der Waals surface area contributed by atoms with Crippen LogP contribution in [0.4, 0.5) is 0 Å². The molecule has 0 aliphatic heterocycles. The molecule has 0 aliphatic carbocycles. The number of hydrogen-bond donors (Lipinski definition) is 0. The lowest BCUT2D eigenvalue weighted by molar-refractivity contribution is -0.138. The third-order valence-electron chi connectivity index (χ3n) is 4.34. The minimum Gasteiger partial charge on any atom is -0.434 e. The highest BCUT2D eigenvalue weighted by Crippen LogP contribution is 2.10. The van der Waals surface area contributed by atoms with Crippen LogP contribution < -0.4 is 0 Å². The van der Waals surface area contributed by atoms with Crippen LogP contribution in [0.5, 0.6) is 0 Å². The fourth-order valence-corrected chi connectivity index (χ4v) is 2.61. The van der Waals surface area contributed by atoms with E-state index >= 15 is 0 Å². The van der Waals surface area contributed by atoms with E-state index in [1.165, 1.54) is 76.9 Å². The molecular weight excluding hydrogens is 308 g/mol. The number of unbranched alkanes of at least 4 members (excludes halogenated alkanes) is 11. The van der Waals surface area contributed by atoms with E-state index in [0.29, 0.717) is 6.42 Å². The van der Waals surface area contributed by atoms with Gasteiger partial charge in [-0.3, -0.25) is 4.79 Å². The molecule has 0 aromatic carbocycles. The summed E-state index contributed by atoms with van der Waals surface area (Å²) < 4.78 is 5.03. The maximum absolute atomic E-state index is 11.5. The third-order valence-corrected chi connectivity index (χ3v) is 4.34. The zero-order valence-electron chi connectivity index (χ0n) is 16.7. The van der Waals surface area contributed by atoms with Gasteiger partial charge in [0.05, 0.1) is 6.26 Å². The van der Waals surface area contributed by atoms with Gasteiger partial charge in [0.15, 0.2) is 0 Å². The summed E-state index contributed by atoms with van der Waals surface area (Å²) in [6.45, 7) is 7.75. The summed E-state index contributed by atoms with van der Waals surface area (Å²) in [7, 11) is 0. The van der Waals surface area contributed by atoms with Gasteiger partial charge in [-0.05, 0) is 44.6 Å². The van der Waals surface area contributed by atoms with Gasteiger partial charge in [0.2, 0.25) is 0 Å². The molecule has 0 bridgehead atoms. The summed E-state index contributed by atoms with van der Waals surface area (Å²) in [6, 6.07) is 0. The molecule has 2 heteroatoms. The van der Waals surface area contributed by atoms with Gasteiger partial charge in [0, 0.05) is 6.42 Å². The Morgan fingerprint density at radius 2 is 1.36 bits per heavy atom. The lowest BCUT2D eigenvalue weighted by atomic mass is 10.1. The van der Waals surface area contributed by atoms with Crippen molar-refractivity contribution in [2.45, 2.75) is 104 Å². The van der Waals surface area contributed by atoms with Gasteiger partial charge in [-0.15, -0.1) is 0 Å². The molecule has 0 spiro atoms. The summed E-state index contributed by atoms with van der Waals surface area (Å²) in [4.78, 5) is 11.5. The highest BCUT2D eigenvalue weighted by atomic mass is 16.5. The average Bonchev–Trinajstić information content (AvgIpc) is 2.62. The summed E-state index contributed by atoms with van der Waals surface area (Å²) >= 11 is 0. The van der Waals surface area contributed by atoms with Crippen molar-refractivity contribution < 1.29 is 9.53 Å². The molecule has 0 saturated heterocycles. The Morgan fingerprint density at radius 1 is 0.840 bits per heavy atom. The van der Waals surface area contributed by atoms with Crippen LogP contribution in [0.15, 0.2) is 36.6 Å². The van der Waals surface area contributed by atoms with Crippen molar-refractivity contribution in [3.8, 4) is 0 Å². The van der Waals surface area contributed by atoms with Crippen LogP contribution in [0.1, 0.15) is 104 Å². The quantitative estimate of drug-likeness (QED) is 0.0886. The molecule has 2 nitrogen and oxygen atoms in total. The summed E-state index contributed by atoms with van der Waals surface area (Å²) in [5.74, 6) is -0.140. The van der Waals surface area contributed by atoms with Gasteiger partial charge in [-0.2, -0.15) is 0 Å². The predicted molar refractivity (Wildman–Crippen MR) is 109 cm³/mol. The van der Waals surface area contributed by atoms with E-state index in [2.05, 4.69) is 25.7 Å². The lowest BCUT2D eigenvalue weighted by Gasteiger charge is -2.01. The van der Waals surface area contributed by atoms with Gasteiger partial charge < -0.3 is 4.74 Å². The maximum atomic E-state index is 11.5. The van der Waals surface area contributed by atoms with Crippen LogP contribution in [-0.2, 0) is 9.53 Å².